The molecular weight excluding hydrogens is 581 g/mol. The first-order chi connectivity index (χ1) is 23.5. The third-order valence-corrected chi connectivity index (χ3v) is 10.3. The molecule has 258 valence electrons. The highest BCUT2D eigenvalue weighted by atomic mass is 15.2. The molecule has 0 aromatic heterocycles. The number of unbranched alkanes of at least 4 members (excludes halogenated alkanes) is 13. The van der Waals surface area contributed by atoms with Crippen LogP contribution in [0.25, 0.3) is 28.1 Å². The molecule has 3 aromatic carbocycles. The van der Waals surface area contributed by atoms with Gasteiger partial charge in [0.1, 0.15) is 0 Å². The van der Waals surface area contributed by atoms with Gasteiger partial charge in [0, 0.05) is 22.8 Å². The fourth-order valence-corrected chi connectivity index (χ4v) is 7.59. The molecule has 0 spiro atoms. The Hall–Kier alpha value is -3.26. The first-order valence-electron chi connectivity index (χ1n) is 19.7. The lowest BCUT2D eigenvalue weighted by atomic mass is 9.89. The molecule has 48 heavy (non-hydrogen) atoms. The van der Waals surface area contributed by atoms with Crippen LogP contribution in [0.5, 0.6) is 0 Å². The lowest BCUT2D eigenvalue weighted by Gasteiger charge is -2.17. The van der Waals surface area contributed by atoms with Crippen molar-refractivity contribution in [3.8, 4) is 11.1 Å². The van der Waals surface area contributed by atoms with Gasteiger partial charge in [0.15, 0.2) is 0 Å². The molecule has 1 heterocycles. The molecule has 3 aromatic rings. The van der Waals surface area contributed by atoms with E-state index in [-0.39, 0.29) is 0 Å². The monoisotopic (exact) mass is 645 g/mol. The van der Waals surface area contributed by atoms with E-state index in [1.165, 1.54) is 141 Å². The number of hydrogen-bond acceptors (Lipinski definition) is 0. The van der Waals surface area contributed by atoms with Gasteiger partial charge in [-0.25, -0.2) is 4.70 Å². The number of allylic oxidation sites excluding steroid dienone is 2. The van der Waals surface area contributed by atoms with E-state index in [9.17, 15) is 5.53 Å². The van der Waals surface area contributed by atoms with Crippen LogP contribution in [0.3, 0.4) is 0 Å². The lowest BCUT2D eigenvalue weighted by Crippen LogP contribution is -2.05. The van der Waals surface area contributed by atoms with Gasteiger partial charge >= 0.3 is 0 Å². The summed E-state index contributed by atoms with van der Waals surface area (Å²) < 4.78 is 1.48. The first kappa shape index (κ1) is 37.6. The maximum atomic E-state index is 11.9. The molecule has 0 atom stereocenters. The number of aryl methyl sites for hydroxylation is 4. The van der Waals surface area contributed by atoms with Crippen molar-refractivity contribution in [1.82, 2.24) is 0 Å². The highest BCUT2D eigenvalue weighted by Crippen LogP contribution is 2.39. The van der Waals surface area contributed by atoms with Crippen LogP contribution in [0.15, 0.2) is 72.3 Å². The molecule has 0 fully saturated rings. The van der Waals surface area contributed by atoms with Gasteiger partial charge in [0.2, 0.25) is 11.4 Å². The van der Waals surface area contributed by atoms with Crippen molar-refractivity contribution in [2.24, 2.45) is 0 Å². The average molecular weight is 645 g/mol. The summed E-state index contributed by atoms with van der Waals surface area (Å²) in [6.45, 7) is 11.2. The van der Waals surface area contributed by atoms with Crippen LogP contribution in [0.4, 0.5) is 0 Å². The van der Waals surface area contributed by atoms with E-state index in [0.29, 0.717) is 0 Å². The fraction of sp³-hybridized carbons (Fsp3) is 0.522. The minimum atomic E-state index is 0.895. The van der Waals surface area contributed by atoms with E-state index >= 15 is 0 Å². The number of nitrogens with zero attached hydrogens (tertiary/aromatic N) is 2. The summed E-state index contributed by atoms with van der Waals surface area (Å²) in [4.78, 5) is 0. The highest BCUT2D eigenvalue weighted by Gasteiger charge is 2.28. The van der Waals surface area contributed by atoms with Gasteiger partial charge < -0.3 is 5.53 Å². The van der Waals surface area contributed by atoms with Crippen molar-refractivity contribution >= 4 is 11.4 Å². The fourth-order valence-electron chi connectivity index (χ4n) is 7.59. The zero-order valence-electron chi connectivity index (χ0n) is 31.2. The third-order valence-electron chi connectivity index (χ3n) is 10.3. The van der Waals surface area contributed by atoms with Crippen molar-refractivity contribution in [2.45, 2.75) is 157 Å². The van der Waals surface area contributed by atoms with Crippen LogP contribution in [0, 0.1) is 6.92 Å². The van der Waals surface area contributed by atoms with Gasteiger partial charge in [0.05, 0.1) is 0 Å². The Morgan fingerprint density at radius 3 is 1.65 bits per heavy atom. The van der Waals surface area contributed by atoms with Crippen LogP contribution < -0.4 is 0 Å². The molecule has 0 amide bonds. The van der Waals surface area contributed by atoms with E-state index in [1.54, 1.807) is 0 Å². The molecule has 1 aliphatic heterocycles. The van der Waals surface area contributed by atoms with Crippen LogP contribution in [0.1, 0.15) is 164 Å². The van der Waals surface area contributed by atoms with Crippen molar-refractivity contribution in [1.29, 1.82) is 0 Å². The van der Waals surface area contributed by atoms with Gasteiger partial charge in [0.25, 0.3) is 0 Å². The molecule has 2 heteroatoms. The SMILES string of the molecule is CCCCCCCCc1cc(C2=CC(C)=C(c3cc(C)c(-c4ccccc4)c(CCCCCCCC)c3)[N+]2=[N-])ccc1CCCCCC. The summed E-state index contributed by atoms with van der Waals surface area (Å²) in [7, 11) is 0. The summed E-state index contributed by atoms with van der Waals surface area (Å²) in [5, 5.41) is 0. The van der Waals surface area contributed by atoms with Crippen molar-refractivity contribution in [3.05, 3.63) is 111 Å². The molecule has 2 nitrogen and oxygen atoms in total. The second kappa shape index (κ2) is 20.3. The van der Waals surface area contributed by atoms with Gasteiger partial charge in [-0.3, -0.25) is 0 Å². The normalized spacial score (nSPS) is 13.1. The zero-order chi connectivity index (χ0) is 34.1. The Bertz CT molecular complexity index is 1510. The highest BCUT2D eigenvalue weighted by molar-refractivity contribution is 5.81. The summed E-state index contributed by atoms with van der Waals surface area (Å²) in [5.74, 6) is 0. The Labute approximate surface area is 294 Å². The van der Waals surface area contributed by atoms with Crippen LogP contribution in [-0.4, -0.2) is 4.70 Å². The molecule has 0 bridgehead atoms. The maximum absolute atomic E-state index is 11.9. The van der Waals surface area contributed by atoms with E-state index in [4.69, 9.17) is 0 Å². The Balaban J connectivity index is 1.57. The van der Waals surface area contributed by atoms with E-state index in [0.717, 1.165) is 47.4 Å². The Morgan fingerprint density at radius 2 is 1.02 bits per heavy atom. The summed E-state index contributed by atoms with van der Waals surface area (Å²) in [6, 6.07) is 22.5. The first-order valence-corrected chi connectivity index (χ1v) is 19.7. The van der Waals surface area contributed by atoms with Crippen molar-refractivity contribution in [2.75, 3.05) is 0 Å². The molecule has 4 rings (SSSR count). The summed E-state index contributed by atoms with van der Waals surface area (Å²) in [6.07, 6.45) is 26.3. The molecule has 0 saturated heterocycles. The maximum Gasteiger partial charge on any atom is 0.210 e. The zero-order valence-corrected chi connectivity index (χ0v) is 31.2. The number of benzene rings is 3. The predicted molar refractivity (Wildman–Crippen MR) is 209 cm³/mol. The molecular formula is C46H64N2. The van der Waals surface area contributed by atoms with E-state index in [2.05, 4.69) is 101 Å². The minimum Gasteiger partial charge on any atom is -0.493 e. The minimum absolute atomic E-state index is 0.895. The van der Waals surface area contributed by atoms with E-state index in [1.807, 2.05) is 0 Å². The smallest absolute Gasteiger partial charge is 0.210 e. The van der Waals surface area contributed by atoms with Crippen LogP contribution >= 0.6 is 0 Å². The lowest BCUT2D eigenvalue weighted by molar-refractivity contribution is -0.344. The topological polar surface area (TPSA) is 25.3 Å². The molecule has 0 aliphatic carbocycles. The number of rotatable bonds is 22. The molecule has 0 N–H and O–H groups in total. The average Bonchev–Trinajstić information content (AvgIpc) is 3.39. The molecule has 0 unspecified atom stereocenters. The Morgan fingerprint density at radius 1 is 0.500 bits per heavy atom. The third kappa shape index (κ3) is 10.6. The Kier molecular flexibility index (Phi) is 15.9. The van der Waals surface area contributed by atoms with Gasteiger partial charge in [-0.15, -0.1) is 0 Å². The van der Waals surface area contributed by atoms with Crippen LogP contribution in [0.2, 0.25) is 0 Å². The second-order valence-corrected chi connectivity index (χ2v) is 14.4. The standard InChI is InChI=1S/C46H64N2/c1-6-9-12-15-17-21-28-40-34-41(31-30-38(40)25-20-14-11-8-3)44-33-37(5)46(48(44)47)43-32-36(4)45(39-26-23-19-24-27-39)42(35-43)29-22-18-16-13-10-7-2/h19,23-24,26-27,30-35H,6-18,20-22,25,28-29H2,1-5H3. The van der Waals surface area contributed by atoms with Crippen LogP contribution in [-0.2, 0) is 19.3 Å². The van der Waals surface area contributed by atoms with Gasteiger partial charge in [-0.05, 0) is 110 Å². The largest absolute Gasteiger partial charge is 0.493 e. The summed E-state index contributed by atoms with van der Waals surface area (Å²) in [5.41, 5.74) is 25.3. The number of hydrogen-bond donors (Lipinski definition) is 0. The predicted octanol–water partition coefficient (Wildman–Crippen LogP) is 14.4. The molecule has 0 saturated carbocycles. The molecule has 1 aliphatic rings. The van der Waals surface area contributed by atoms with Gasteiger partial charge in [-0.2, -0.15) is 0 Å². The quantitative estimate of drug-likeness (QED) is 0.0768. The van der Waals surface area contributed by atoms with Crippen molar-refractivity contribution < 1.29 is 4.70 Å². The van der Waals surface area contributed by atoms with Crippen molar-refractivity contribution in [3.63, 3.8) is 0 Å². The summed E-state index contributed by atoms with van der Waals surface area (Å²) >= 11 is 0. The molecule has 0 radical (unpaired) electrons. The van der Waals surface area contributed by atoms with E-state index < -0.39 is 0 Å². The van der Waals surface area contributed by atoms with Gasteiger partial charge in [-0.1, -0.05) is 141 Å². The second-order valence-electron chi connectivity index (χ2n) is 14.4.